The molecular weight excluding hydrogens is 532 g/mol. The number of rotatable bonds is 7. The molecule has 0 aliphatic carbocycles. The molecule has 3 aromatic rings. The Balaban J connectivity index is 1.34. The van der Waals surface area contributed by atoms with Crippen LogP contribution in [0, 0.1) is 0 Å². The van der Waals surface area contributed by atoms with Crippen molar-refractivity contribution in [2.75, 3.05) is 13.2 Å². The molecule has 0 saturated carbocycles. The maximum Gasteiger partial charge on any atom is 0.229 e. The van der Waals surface area contributed by atoms with Gasteiger partial charge < -0.3 is 59.1 Å². The molecule has 40 heavy (non-hydrogen) atoms. The van der Waals surface area contributed by atoms with Gasteiger partial charge in [-0.15, -0.1) is 0 Å². The van der Waals surface area contributed by atoms with E-state index in [1.165, 1.54) is 12.1 Å². The highest BCUT2D eigenvalue weighted by molar-refractivity contribution is 5.79. The Kier molecular flexibility index (Phi) is 8.49. The van der Waals surface area contributed by atoms with Crippen molar-refractivity contribution < 1.29 is 59.1 Å². The summed E-state index contributed by atoms with van der Waals surface area (Å²) in [6, 6.07) is 14.5. The molecule has 216 valence electrons. The second kappa shape index (κ2) is 11.9. The minimum Gasteiger partial charge on any atom is -0.461 e. The zero-order valence-electron chi connectivity index (χ0n) is 21.0. The van der Waals surface area contributed by atoms with E-state index in [2.05, 4.69) is 0 Å². The smallest absolute Gasteiger partial charge is 0.229 e. The van der Waals surface area contributed by atoms with Crippen molar-refractivity contribution >= 4 is 11.0 Å². The van der Waals surface area contributed by atoms with Crippen LogP contribution in [0.25, 0.3) is 22.3 Å². The van der Waals surface area contributed by atoms with E-state index in [0.717, 1.165) is 0 Å². The van der Waals surface area contributed by atoms with Crippen LogP contribution in [0.4, 0.5) is 0 Å². The minimum absolute atomic E-state index is 0.141. The van der Waals surface area contributed by atoms with Gasteiger partial charge in [-0.3, -0.25) is 4.79 Å². The monoisotopic (exact) mass is 562 g/mol. The highest BCUT2D eigenvalue weighted by atomic mass is 16.7. The Morgan fingerprint density at radius 1 is 0.725 bits per heavy atom. The van der Waals surface area contributed by atoms with Crippen LogP contribution >= 0.6 is 0 Å². The molecule has 0 unspecified atom stereocenters. The molecule has 13 heteroatoms. The molecule has 7 N–H and O–H groups in total. The topological polar surface area (TPSA) is 209 Å². The molecule has 2 fully saturated rings. The van der Waals surface area contributed by atoms with E-state index in [0.29, 0.717) is 16.5 Å². The molecule has 2 saturated heterocycles. The van der Waals surface area contributed by atoms with Gasteiger partial charge in [-0.05, 0) is 24.3 Å². The molecule has 0 spiro atoms. The Morgan fingerprint density at radius 2 is 1.35 bits per heavy atom. The SMILES string of the molecule is O=c1cc(-c2ccccc2O[C@@H]2O[C@H](CO[C@@H]3O[C@H](CO)[C@@H](O)[C@H](O)[C@H]3O)[C@@H](O)[C@H](O)[C@H]2O)oc2ccccc12. The molecule has 1 aromatic heterocycles. The molecule has 2 aromatic carbocycles. The van der Waals surface area contributed by atoms with Crippen molar-refractivity contribution in [2.24, 2.45) is 0 Å². The predicted octanol–water partition coefficient (Wildman–Crippen LogP) is -1.54. The van der Waals surface area contributed by atoms with Crippen molar-refractivity contribution in [3.8, 4) is 17.1 Å². The first-order chi connectivity index (χ1) is 19.2. The summed E-state index contributed by atoms with van der Waals surface area (Å²) in [7, 11) is 0. The Morgan fingerprint density at radius 3 is 2.10 bits per heavy atom. The van der Waals surface area contributed by atoms with Gasteiger partial charge in [-0.25, -0.2) is 0 Å². The van der Waals surface area contributed by atoms with Gasteiger partial charge in [-0.2, -0.15) is 0 Å². The summed E-state index contributed by atoms with van der Waals surface area (Å²) in [6.45, 7) is -1.17. The van der Waals surface area contributed by atoms with Gasteiger partial charge in [0.25, 0.3) is 0 Å². The average Bonchev–Trinajstić information content (AvgIpc) is 2.96. The number of hydrogen-bond acceptors (Lipinski definition) is 13. The third-order valence-corrected chi connectivity index (χ3v) is 6.97. The van der Waals surface area contributed by atoms with Crippen molar-refractivity contribution in [3.05, 3.63) is 64.8 Å². The van der Waals surface area contributed by atoms with E-state index in [4.69, 9.17) is 23.4 Å². The first kappa shape index (κ1) is 28.6. The van der Waals surface area contributed by atoms with Crippen LogP contribution in [0.1, 0.15) is 0 Å². The number of para-hydroxylation sites is 2. The van der Waals surface area contributed by atoms with Crippen LogP contribution in [0.3, 0.4) is 0 Å². The molecule has 2 aliphatic rings. The zero-order valence-corrected chi connectivity index (χ0v) is 21.0. The van der Waals surface area contributed by atoms with Gasteiger partial charge in [0.05, 0.1) is 24.2 Å². The van der Waals surface area contributed by atoms with E-state index < -0.39 is 74.6 Å². The van der Waals surface area contributed by atoms with Gasteiger partial charge in [0.2, 0.25) is 6.29 Å². The standard InChI is InChI=1S/C27H30O13/c28-10-18-20(30)22(32)24(34)26(39-18)36-11-19-21(31)23(33)25(35)27(40-19)38-16-8-4-2-6-13(16)17-9-14(29)12-5-1-3-7-15(12)37-17/h1-9,18-28,30-35H,10-11H2/t18-,19-,20-,21-,22+,23+,24-,25-,26-,27-/m1/s1. The molecule has 0 amide bonds. The van der Waals surface area contributed by atoms with E-state index in [1.54, 1.807) is 42.5 Å². The summed E-state index contributed by atoms with van der Waals surface area (Å²) in [5.41, 5.74) is 0.443. The summed E-state index contributed by atoms with van der Waals surface area (Å²) in [4.78, 5) is 12.6. The van der Waals surface area contributed by atoms with Gasteiger partial charge in [-0.1, -0.05) is 24.3 Å². The average molecular weight is 563 g/mol. The third-order valence-electron chi connectivity index (χ3n) is 6.97. The largest absolute Gasteiger partial charge is 0.461 e. The molecule has 13 nitrogen and oxygen atoms in total. The first-order valence-corrected chi connectivity index (χ1v) is 12.6. The highest BCUT2D eigenvalue weighted by Crippen LogP contribution is 2.34. The van der Waals surface area contributed by atoms with Crippen LogP contribution in [0.5, 0.6) is 5.75 Å². The molecule has 10 atom stereocenters. The predicted molar refractivity (Wildman–Crippen MR) is 135 cm³/mol. The lowest BCUT2D eigenvalue weighted by Gasteiger charge is -2.42. The lowest BCUT2D eigenvalue weighted by atomic mass is 9.98. The van der Waals surface area contributed by atoms with Crippen LogP contribution in [-0.2, 0) is 14.2 Å². The summed E-state index contributed by atoms with van der Waals surface area (Å²) < 4.78 is 28.2. The van der Waals surface area contributed by atoms with Crippen LogP contribution in [0.2, 0.25) is 0 Å². The fraction of sp³-hybridized carbons (Fsp3) is 0.444. The summed E-state index contributed by atoms with van der Waals surface area (Å²) in [5, 5.41) is 71.4. The molecule has 2 aliphatic heterocycles. The number of aliphatic hydroxyl groups is 7. The van der Waals surface area contributed by atoms with Gasteiger partial charge in [0.1, 0.15) is 65.9 Å². The fourth-order valence-corrected chi connectivity index (χ4v) is 4.68. The Labute approximate surface area is 227 Å². The number of hydrogen-bond donors (Lipinski definition) is 7. The first-order valence-electron chi connectivity index (χ1n) is 12.6. The third kappa shape index (κ3) is 5.49. The summed E-state index contributed by atoms with van der Waals surface area (Å²) in [5.74, 6) is 0.329. The molecular formula is C27H30O13. The quantitative estimate of drug-likeness (QED) is 0.174. The lowest BCUT2D eigenvalue weighted by molar-refractivity contribution is -0.323. The van der Waals surface area contributed by atoms with Gasteiger partial charge in [0.15, 0.2) is 11.7 Å². The fourth-order valence-electron chi connectivity index (χ4n) is 4.68. The molecule has 5 rings (SSSR count). The van der Waals surface area contributed by atoms with Crippen molar-refractivity contribution in [2.45, 2.75) is 61.4 Å². The Bertz CT molecular complexity index is 1360. The Hall–Kier alpha value is -2.95. The minimum atomic E-state index is -1.73. The number of ether oxygens (including phenoxy) is 4. The summed E-state index contributed by atoms with van der Waals surface area (Å²) in [6.07, 6.45) is -15.6. The van der Waals surface area contributed by atoms with E-state index in [1.807, 2.05) is 0 Å². The summed E-state index contributed by atoms with van der Waals surface area (Å²) >= 11 is 0. The number of fused-ring (bicyclic) bond motifs is 1. The maximum absolute atomic E-state index is 12.6. The number of aliphatic hydroxyl groups excluding tert-OH is 7. The van der Waals surface area contributed by atoms with Gasteiger partial charge in [0, 0.05) is 6.07 Å². The van der Waals surface area contributed by atoms with Crippen LogP contribution in [0.15, 0.2) is 63.8 Å². The lowest BCUT2D eigenvalue weighted by Crippen LogP contribution is -2.62. The maximum atomic E-state index is 12.6. The van der Waals surface area contributed by atoms with Crippen molar-refractivity contribution in [1.29, 1.82) is 0 Å². The van der Waals surface area contributed by atoms with Crippen LogP contribution < -0.4 is 10.2 Å². The van der Waals surface area contributed by atoms with Crippen molar-refractivity contribution in [1.82, 2.24) is 0 Å². The second-order valence-electron chi connectivity index (χ2n) is 9.63. The highest BCUT2D eigenvalue weighted by Gasteiger charge is 2.48. The molecule has 0 radical (unpaired) electrons. The van der Waals surface area contributed by atoms with E-state index in [-0.39, 0.29) is 16.9 Å². The molecule has 0 bridgehead atoms. The van der Waals surface area contributed by atoms with Crippen molar-refractivity contribution in [3.63, 3.8) is 0 Å². The van der Waals surface area contributed by atoms with E-state index in [9.17, 15) is 40.5 Å². The van der Waals surface area contributed by atoms with E-state index >= 15 is 0 Å². The van der Waals surface area contributed by atoms with Crippen LogP contribution in [-0.4, -0.2) is 110 Å². The second-order valence-corrected chi connectivity index (χ2v) is 9.63. The number of benzene rings is 2. The normalized spacial score (nSPS) is 34.6. The molecule has 3 heterocycles. The zero-order chi connectivity index (χ0) is 28.6. The van der Waals surface area contributed by atoms with Gasteiger partial charge >= 0.3 is 0 Å².